The Bertz CT molecular complexity index is 1270. The van der Waals surface area contributed by atoms with Gasteiger partial charge in [-0.1, -0.05) is 31.5 Å². The summed E-state index contributed by atoms with van der Waals surface area (Å²) in [4.78, 5) is 31.1. The third kappa shape index (κ3) is 4.38. The van der Waals surface area contributed by atoms with Crippen LogP contribution >= 0.6 is 11.6 Å². The van der Waals surface area contributed by atoms with Gasteiger partial charge >= 0.3 is 0 Å². The molecule has 1 N–H and O–H groups in total. The number of carbonyl (C=O) groups excluding carboxylic acids is 1. The molecule has 8 heteroatoms. The molecule has 3 aromatic rings. The van der Waals surface area contributed by atoms with Crippen molar-refractivity contribution in [2.75, 3.05) is 32.8 Å². The molecular formula is C26H29ClN2O5. The Morgan fingerprint density at radius 2 is 1.88 bits per heavy atom. The zero-order valence-electron chi connectivity index (χ0n) is 19.6. The van der Waals surface area contributed by atoms with E-state index in [0.717, 1.165) is 26.1 Å². The van der Waals surface area contributed by atoms with E-state index in [9.17, 15) is 14.7 Å². The standard InChI is InChI=1S/C26H29ClN2O5/c1-4-28(5-2)12-7-13-29-23(16-8-10-19(30)21(14-16)33-6-3)22-24(31)18-15-17(27)9-11-20(18)34-25(22)26(29)32/h8-11,14-15,23,30H,4-7,12-13H2,1-3H3/t23-/m0/s1. The summed E-state index contributed by atoms with van der Waals surface area (Å²) in [5.74, 6) is 0.0380. The van der Waals surface area contributed by atoms with Crippen LogP contribution in [0.1, 0.15) is 54.9 Å². The second-order valence-electron chi connectivity index (χ2n) is 8.26. The molecule has 1 amide bonds. The van der Waals surface area contributed by atoms with Crippen LogP contribution in [0.4, 0.5) is 0 Å². The topological polar surface area (TPSA) is 83.2 Å². The Balaban J connectivity index is 1.83. The molecule has 34 heavy (non-hydrogen) atoms. The molecule has 0 bridgehead atoms. The highest BCUT2D eigenvalue weighted by Gasteiger charge is 2.42. The number of hydrogen-bond donors (Lipinski definition) is 1. The van der Waals surface area contributed by atoms with Gasteiger partial charge in [0.2, 0.25) is 5.76 Å². The SMILES string of the molecule is CCOc1cc([C@H]2c3c(oc4ccc(Cl)cc4c3=O)C(=O)N2CCCN(CC)CC)ccc1O. The fraction of sp³-hybridized carbons (Fsp3) is 0.385. The summed E-state index contributed by atoms with van der Waals surface area (Å²) in [5, 5.41) is 10.9. The van der Waals surface area contributed by atoms with Gasteiger partial charge in [0.05, 0.1) is 23.6 Å². The number of benzene rings is 2. The van der Waals surface area contributed by atoms with Crippen molar-refractivity contribution in [2.45, 2.75) is 33.2 Å². The van der Waals surface area contributed by atoms with Crippen molar-refractivity contribution in [3.8, 4) is 11.5 Å². The molecular weight excluding hydrogens is 456 g/mol. The van der Waals surface area contributed by atoms with Gasteiger partial charge in [0.1, 0.15) is 5.58 Å². The normalized spacial score (nSPS) is 15.4. The Morgan fingerprint density at radius 3 is 2.59 bits per heavy atom. The molecule has 2 heterocycles. The highest BCUT2D eigenvalue weighted by atomic mass is 35.5. The van der Waals surface area contributed by atoms with E-state index < -0.39 is 6.04 Å². The monoisotopic (exact) mass is 484 g/mol. The number of fused-ring (bicyclic) bond motifs is 2. The predicted octanol–water partition coefficient (Wildman–Crippen LogP) is 4.83. The molecule has 4 rings (SSSR count). The first-order valence-corrected chi connectivity index (χ1v) is 12.0. The van der Waals surface area contributed by atoms with E-state index >= 15 is 0 Å². The average Bonchev–Trinajstić information content (AvgIpc) is 3.11. The number of phenols is 1. The van der Waals surface area contributed by atoms with Gasteiger partial charge in [-0.05, 0) is 68.9 Å². The van der Waals surface area contributed by atoms with Crippen LogP contribution in [0.15, 0.2) is 45.6 Å². The fourth-order valence-electron chi connectivity index (χ4n) is 4.55. The molecule has 1 aliphatic heterocycles. The van der Waals surface area contributed by atoms with Gasteiger partial charge in [-0.15, -0.1) is 0 Å². The van der Waals surface area contributed by atoms with E-state index in [1.165, 1.54) is 6.07 Å². The summed E-state index contributed by atoms with van der Waals surface area (Å²) in [6.07, 6.45) is 0.744. The number of halogens is 1. The quantitative estimate of drug-likeness (QED) is 0.468. The lowest BCUT2D eigenvalue weighted by atomic mass is 9.98. The summed E-state index contributed by atoms with van der Waals surface area (Å²) in [5.41, 5.74) is 1.00. The van der Waals surface area contributed by atoms with Crippen molar-refractivity contribution in [3.63, 3.8) is 0 Å². The zero-order valence-corrected chi connectivity index (χ0v) is 20.4. The van der Waals surface area contributed by atoms with Gasteiger partial charge in [-0.2, -0.15) is 0 Å². The smallest absolute Gasteiger partial charge is 0.290 e. The minimum atomic E-state index is -0.654. The Morgan fingerprint density at radius 1 is 1.12 bits per heavy atom. The Kier molecular flexibility index (Phi) is 7.14. The van der Waals surface area contributed by atoms with Gasteiger partial charge in [-0.25, -0.2) is 0 Å². The summed E-state index contributed by atoms with van der Waals surface area (Å²) < 4.78 is 11.5. The van der Waals surface area contributed by atoms with E-state index in [-0.39, 0.29) is 28.4 Å². The van der Waals surface area contributed by atoms with Gasteiger partial charge in [0.25, 0.3) is 5.91 Å². The van der Waals surface area contributed by atoms with Crippen molar-refractivity contribution in [1.29, 1.82) is 0 Å². The lowest BCUT2D eigenvalue weighted by Gasteiger charge is -2.27. The molecule has 1 aliphatic rings. The van der Waals surface area contributed by atoms with E-state index in [0.29, 0.717) is 40.5 Å². The van der Waals surface area contributed by atoms with Gasteiger partial charge in [0, 0.05) is 11.6 Å². The van der Waals surface area contributed by atoms with E-state index in [1.54, 1.807) is 35.2 Å². The number of carbonyl (C=O) groups is 1. The highest BCUT2D eigenvalue weighted by Crippen LogP contribution is 2.41. The minimum absolute atomic E-state index is 0.000517. The van der Waals surface area contributed by atoms with Crippen LogP contribution in [-0.4, -0.2) is 53.6 Å². The average molecular weight is 485 g/mol. The van der Waals surface area contributed by atoms with Crippen LogP contribution < -0.4 is 10.2 Å². The number of nitrogens with zero attached hydrogens (tertiary/aromatic N) is 2. The first-order chi connectivity index (χ1) is 16.4. The summed E-state index contributed by atoms with van der Waals surface area (Å²) in [7, 11) is 0. The maximum atomic E-state index is 13.6. The molecule has 180 valence electrons. The number of ether oxygens (including phenoxy) is 1. The first kappa shape index (κ1) is 24.1. The molecule has 0 radical (unpaired) electrons. The second-order valence-corrected chi connectivity index (χ2v) is 8.69. The number of rotatable bonds is 9. The van der Waals surface area contributed by atoms with Crippen LogP contribution in [-0.2, 0) is 0 Å². The van der Waals surface area contributed by atoms with Crippen molar-refractivity contribution in [1.82, 2.24) is 9.80 Å². The van der Waals surface area contributed by atoms with E-state index in [2.05, 4.69) is 18.7 Å². The molecule has 0 unspecified atom stereocenters. The first-order valence-electron chi connectivity index (χ1n) is 11.6. The Labute approximate surface area is 203 Å². The molecule has 0 saturated carbocycles. The molecule has 7 nitrogen and oxygen atoms in total. The highest BCUT2D eigenvalue weighted by molar-refractivity contribution is 6.31. The van der Waals surface area contributed by atoms with Crippen molar-refractivity contribution < 1.29 is 19.1 Å². The van der Waals surface area contributed by atoms with Crippen molar-refractivity contribution >= 4 is 28.5 Å². The van der Waals surface area contributed by atoms with Crippen molar-refractivity contribution in [2.24, 2.45) is 0 Å². The van der Waals surface area contributed by atoms with E-state index in [1.807, 2.05) is 6.92 Å². The molecule has 0 aliphatic carbocycles. The van der Waals surface area contributed by atoms with E-state index in [4.69, 9.17) is 20.8 Å². The zero-order chi connectivity index (χ0) is 24.4. The molecule has 0 saturated heterocycles. The van der Waals surface area contributed by atoms with Crippen molar-refractivity contribution in [3.05, 3.63) is 68.5 Å². The van der Waals surface area contributed by atoms with Gasteiger partial charge in [0.15, 0.2) is 16.9 Å². The van der Waals surface area contributed by atoms with Crippen LogP contribution in [0.5, 0.6) is 11.5 Å². The molecule has 2 aromatic carbocycles. The number of hydrogen-bond acceptors (Lipinski definition) is 6. The molecule has 0 spiro atoms. The molecule has 0 fully saturated rings. The largest absolute Gasteiger partial charge is 0.504 e. The second kappa shape index (κ2) is 10.1. The van der Waals surface area contributed by atoms with Crippen LogP contribution in [0.3, 0.4) is 0 Å². The summed E-state index contributed by atoms with van der Waals surface area (Å²) in [6.45, 7) is 9.54. The third-order valence-electron chi connectivity index (χ3n) is 6.29. The van der Waals surface area contributed by atoms with Crippen LogP contribution in [0, 0.1) is 0 Å². The van der Waals surface area contributed by atoms with Gasteiger partial charge in [-0.3, -0.25) is 9.59 Å². The number of phenolic OH excluding ortho intramolecular Hbond substituents is 1. The minimum Gasteiger partial charge on any atom is -0.504 e. The van der Waals surface area contributed by atoms with Gasteiger partial charge < -0.3 is 24.1 Å². The molecule has 1 aromatic heterocycles. The lowest BCUT2D eigenvalue weighted by molar-refractivity contribution is 0.0720. The number of aromatic hydroxyl groups is 1. The lowest BCUT2D eigenvalue weighted by Crippen LogP contribution is -2.33. The third-order valence-corrected chi connectivity index (χ3v) is 6.53. The maximum Gasteiger partial charge on any atom is 0.290 e. The predicted molar refractivity (Wildman–Crippen MR) is 132 cm³/mol. The van der Waals surface area contributed by atoms with Crippen LogP contribution in [0.25, 0.3) is 11.0 Å². The summed E-state index contributed by atoms with van der Waals surface area (Å²) >= 11 is 6.14. The fourth-order valence-corrected chi connectivity index (χ4v) is 4.72. The van der Waals surface area contributed by atoms with Crippen LogP contribution in [0.2, 0.25) is 5.02 Å². The maximum absolute atomic E-state index is 13.6. The molecule has 1 atom stereocenters. The number of amides is 1. The summed E-state index contributed by atoms with van der Waals surface area (Å²) in [6, 6.07) is 9.07. The Hall–Kier alpha value is -3.03.